The SMILES string of the molecule is N#Cc1ccc(Nc2nc(N)nc(N)c2N=O)cc1. The highest BCUT2D eigenvalue weighted by molar-refractivity contribution is 5.77. The summed E-state index contributed by atoms with van der Waals surface area (Å²) in [5.74, 6) is -0.0515. The molecule has 1 aromatic carbocycles. The zero-order valence-corrected chi connectivity index (χ0v) is 9.66. The van der Waals surface area contributed by atoms with E-state index in [1.807, 2.05) is 6.07 Å². The van der Waals surface area contributed by atoms with Crippen LogP contribution in [0.4, 0.5) is 29.0 Å². The smallest absolute Gasteiger partial charge is 0.224 e. The summed E-state index contributed by atoms with van der Waals surface area (Å²) in [6.45, 7) is 0. The maximum Gasteiger partial charge on any atom is 0.224 e. The summed E-state index contributed by atoms with van der Waals surface area (Å²) < 4.78 is 0. The van der Waals surface area contributed by atoms with E-state index in [1.165, 1.54) is 0 Å². The van der Waals surface area contributed by atoms with E-state index in [0.29, 0.717) is 11.3 Å². The number of nitrogens with one attached hydrogen (secondary N) is 1. The van der Waals surface area contributed by atoms with Gasteiger partial charge in [0.2, 0.25) is 5.95 Å². The fourth-order valence-corrected chi connectivity index (χ4v) is 1.43. The van der Waals surface area contributed by atoms with E-state index >= 15 is 0 Å². The number of aromatic nitrogens is 2. The average molecular weight is 255 g/mol. The fraction of sp³-hybridized carbons (Fsp3) is 0. The summed E-state index contributed by atoms with van der Waals surface area (Å²) in [6.07, 6.45) is 0. The Hall–Kier alpha value is -3.21. The fourth-order valence-electron chi connectivity index (χ4n) is 1.43. The van der Waals surface area contributed by atoms with Gasteiger partial charge in [-0.15, -0.1) is 4.91 Å². The van der Waals surface area contributed by atoms with Gasteiger partial charge in [-0.05, 0) is 29.4 Å². The normalized spacial score (nSPS) is 9.63. The second kappa shape index (κ2) is 4.97. The van der Waals surface area contributed by atoms with Gasteiger partial charge in [-0.2, -0.15) is 15.2 Å². The Morgan fingerprint density at radius 3 is 2.47 bits per heavy atom. The molecule has 0 atom stereocenters. The molecule has 0 bridgehead atoms. The molecule has 0 saturated heterocycles. The van der Waals surface area contributed by atoms with Crippen molar-refractivity contribution in [1.82, 2.24) is 9.97 Å². The molecule has 0 radical (unpaired) electrons. The van der Waals surface area contributed by atoms with Gasteiger partial charge in [-0.25, -0.2) is 0 Å². The molecule has 0 spiro atoms. The average Bonchev–Trinajstić information content (AvgIpc) is 2.39. The summed E-state index contributed by atoms with van der Waals surface area (Å²) in [4.78, 5) is 18.2. The number of anilines is 4. The first-order chi connectivity index (χ1) is 9.13. The first-order valence-corrected chi connectivity index (χ1v) is 5.17. The third kappa shape index (κ3) is 2.55. The lowest BCUT2D eigenvalue weighted by molar-refractivity contribution is 1.18. The maximum atomic E-state index is 10.7. The minimum Gasteiger partial charge on any atom is -0.382 e. The Bertz CT molecular complexity index is 660. The summed E-state index contributed by atoms with van der Waals surface area (Å²) in [7, 11) is 0. The van der Waals surface area contributed by atoms with E-state index in [2.05, 4.69) is 20.5 Å². The molecule has 0 fully saturated rings. The maximum absolute atomic E-state index is 10.7. The highest BCUT2D eigenvalue weighted by Gasteiger charge is 2.12. The molecule has 94 valence electrons. The van der Waals surface area contributed by atoms with Crippen molar-refractivity contribution in [2.75, 3.05) is 16.8 Å². The number of hydrogen-bond acceptors (Lipinski definition) is 8. The summed E-state index contributed by atoms with van der Waals surface area (Å²) in [5, 5.41) is 14.3. The lowest BCUT2D eigenvalue weighted by Crippen LogP contribution is -2.04. The minimum absolute atomic E-state index is 0.0685. The van der Waals surface area contributed by atoms with Crippen molar-refractivity contribution in [1.29, 1.82) is 5.26 Å². The van der Waals surface area contributed by atoms with Crippen LogP contribution in [0.15, 0.2) is 29.4 Å². The monoisotopic (exact) mass is 255 g/mol. The number of benzene rings is 1. The Labute approximate surface area is 108 Å². The van der Waals surface area contributed by atoms with Gasteiger partial charge >= 0.3 is 0 Å². The lowest BCUT2D eigenvalue weighted by Gasteiger charge is -2.08. The van der Waals surface area contributed by atoms with E-state index in [0.717, 1.165) is 0 Å². The van der Waals surface area contributed by atoms with Crippen molar-refractivity contribution < 1.29 is 0 Å². The van der Waals surface area contributed by atoms with Crippen molar-refractivity contribution in [2.45, 2.75) is 0 Å². The molecule has 8 nitrogen and oxygen atoms in total. The van der Waals surface area contributed by atoms with Crippen molar-refractivity contribution in [3.8, 4) is 6.07 Å². The first-order valence-electron chi connectivity index (χ1n) is 5.17. The molecule has 1 heterocycles. The molecule has 0 aliphatic heterocycles. The largest absolute Gasteiger partial charge is 0.382 e. The van der Waals surface area contributed by atoms with Crippen LogP contribution in [-0.4, -0.2) is 9.97 Å². The molecule has 1 aromatic heterocycles. The van der Waals surface area contributed by atoms with Gasteiger partial charge in [0.15, 0.2) is 17.3 Å². The molecular formula is C11H9N7O. The predicted octanol–water partition coefficient (Wildman–Crippen LogP) is 1.65. The quantitative estimate of drug-likeness (QED) is 0.707. The van der Waals surface area contributed by atoms with E-state index in [9.17, 15) is 4.91 Å². The second-order valence-electron chi connectivity index (χ2n) is 3.57. The number of rotatable bonds is 3. The van der Waals surface area contributed by atoms with Crippen LogP contribution < -0.4 is 16.8 Å². The molecule has 19 heavy (non-hydrogen) atoms. The van der Waals surface area contributed by atoms with Crippen LogP contribution in [0.25, 0.3) is 0 Å². The van der Waals surface area contributed by atoms with E-state index < -0.39 is 0 Å². The van der Waals surface area contributed by atoms with Crippen LogP contribution >= 0.6 is 0 Å². The zero-order chi connectivity index (χ0) is 13.8. The third-order valence-electron chi connectivity index (χ3n) is 2.30. The van der Waals surface area contributed by atoms with Crippen LogP contribution in [0.1, 0.15) is 5.56 Å². The molecule has 8 heteroatoms. The Kier molecular flexibility index (Phi) is 3.20. The molecule has 0 unspecified atom stereocenters. The van der Waals surface area contributed by atoms with Crippen molar-refractivity contribution in [3.05, 3.63) is 34.7 Å². The van der Waals surface area contributed by atoms with Crippen molar-refractivity contribution in [2.24, 2.45) is 5.18 Å². The van der Waals surface area contributed by atoms with Gasteiger partial charge in [0, 0.05) is 5.69 Å². The van der Waals surface area contributed by atoms with Gasteiger partial charge in [0.25, 0.3) is 0 Å². The van der Waals surface area contributed by atoms with E-state index in [1.54, 1.807) is 24.3 Å². The lowest BCUT2D eigenvalue weighted by atomic mass is 10.2. The van der Waals surface area contributed by atoms with Crippen LogP contribution in [0.5, 0.6) is 0 Å². The number of nitroso groups, excluding NO2 is 1. The van der Waals surface area contributed by atoms with Gasteiger partial charge in [-0.1, -0.05) is 0 Å². The Morgan fingerprint density at radius 1 is 1.21 bits per heavy atom. The number of nitrogens with zero attached hydrogens (tertiary/aromatic N) is 4. The number of nitriles is 1. The summed E-state index contributed by atoms with van der Waals surface area (Å²) >= 11 is 0. The third-order valence-corrected chi connectivity index (χ3v) is 2.30. The van der Waals surface area contributed by atoms with Crippen molar-refractivity contribution >= 4 is 29.0 Å². The molecule has 5 N–H and O–H groups in total. The van der Waals surface area contributed by atoms with Gasteiger partial charge in [0.1, 0.15) is 0 Å². The number of hydrogen-bond donors (Lipinski definition) is 3. The highest BCUT2D eigenvalue weighted by Crippen LogP contribution is 2.31. The van der Waals surface area contributed by atoms with Gasteiger partial charge in [-0.3, -0.25) is 0 Å². The molecule has 0 aliphatic carbocycles. The van der Waals surface area contributed by atoms with Crippen LogP contribution in [0, 0.1) is 16.2 Å². The zero-order valence-electron chi connectivity index (χ0n) is 9.66. The topological polar surface area (TPSA) is 143 Å². The molecule has 0 aliphatic rings. The molecule has 0 saturated carbocycles. The molecular weight excluding hydrogens is 246 g/mol. The van der Waals surface area contributed by atoms with E-state index in [4.69, 9.17) is 16.7 Å². The van der Waals surface area contributed by atoms with Gasteiger partial charge < -0.3 is 16.8 Å². The van der Waals surface area contributed by atoms with Crippen LogP contribution in [-0.2, 0) is 0 Å². The first kappa shape index (κ1) is 12.3. The predicted molar refractivity (Wildman–Crippen MR) is 70.8 cm³/mol. The number of nitrogen functional groups attached to an aromatic ring is 2. The Balaban J connectivity index is 2.37. The van der Waals surface area contributed by atoms with Crippen molar-refractivity contribution in [3.63, 3.8) is 0 Å². The summed E-state index contributed by atoms with van der Waals surface area (Å²) in [5.41, 5.74) is 12.0. The Morgan fingerprint density at radius 2 is 1.89 bits per heavy atom. The summed E-state index contributed by atoms with van der Waals surface area (Å²) in [6, 6.07) is 8.54. The molecule has 2 aromatic rings. The molecule has 2 rings (SSSR count). The van der Waals surface area contributed by atoms with Crippen LogP contribution in [0.3, 0.4) is 0 Å². The number of nitrogens with two attached hydrogens (primary N) is 2. The van der Waals surface area contributed by atoms with E-state index in [-0.39, 0.29) is 23.3 Å². The highest BCUT2D eigenvalue weighted by atomic mass is 16.3. The molecule has 0 amide bonds. The van der Waals surface area contributed by atoms with Gasteiger partial charge in [0.05, 0.1) is 11.6 Å². The van der Waals surface area contributed by atoms with Crippen LogP contribution in [0.2, 0.25) is 0 Å². The second-order valence-corrected chi connectivity index (χ2v) is 3.57. The standard InChI is InChI=1S/C11H9N7O/c12-5-6-1-3-7(4-2-6)15-10-8(18-19)9(13)16-11(14)17-10/h1-4H,(H5,13,14,15,16,17). The minimum atomic E-state index is -0.112.